The Balaban J connectivity index is 1.76. The number of carbonyl (C=O) groups is 3. The van der Waals surface area contributed by atoms with Crippen LogP contribution < -0.4 is 10.1 Å². The van der Waals surface area contributed by atoms with Crippen molar-refractivity contribution >= 4 is 17.8 Å². The summed E-state index contributed by atoms with van der Waals surface area (Å²) < 4.78 is 11.0. The Bertz CT molecular complexity index is 884. The predicted molar refractivity (Wildman–Crippen MR) is 111 cm³/mol. The van der Waals surface area contributed by atoms with Crippen molar-refractivity contribution in [3.63, 3.8) is 0 Å². The van der Waals surface area contributed by atoms with Gasteiger partial charge in [-0.2, -0.15) is 0 Å². The van der Waals surface area contributed by atoms with Crippen molar-refractivity contribution in [3.8, 4) is 5.75 Å². The summed E-state index contributed by atoms with van der Waals surface area (Å²) >= 11 is 0. The van der Waals surface area contributed by atoms with Crippen LogP contribution >= 0.6 is 0 Å². The molecular weight excluding hydrogens is 384 g/mol. The van der Waals surface area contributed by atoms with Gasteiger partial charge in [-0.25, -0.2) is 0 Å². The molecule has 1 aliphatic rings. The molecule has 1 saturated heterocycles. The van der Waals surface area contributed by atoms with Crippen LogP contribution in [0.4, 0.5) is 0 Å². The molecule has 0 spiro atoms. The first-order valence-electron chi connectivity index (χ1n) is 10.1. The Labute approximate surface area is 176 Å². The summed E-state index contributed by atoms with van der Waals surface area (Å²) in [6.45, 7) is 3.14. The molecular formula is C23H26N2O5. The molecule has 7 heteroatoms. The Morgan fingerprint density at radius 2 is 1.83 bits per heavy atom. The number of carbonyl (C=O) groups excluding carboxylic acids is 3. The highest BCUT2D eigenvalue weighted by molar-refractivity contribution is 6.01. The lowest BCUT2D eigenvalue weighted by atomic mass is 10.1. The van der Waals surface area contributed by atoms with Crippen LogP contribution in [-0.2, 0) is 20.9 Å². The number of benzene rings is 2. The fourth-order valence-electron chi connectivity index (χ4n) is 3.25. The SMILES string of the molecule is CCCOC(=O)CC1C(=O)NCCN1C(=O)c1ccccc1OCc1ccccc1. The zero-order valence-electron chi connectivity index (χ0n) is 17.0. The number of hydrogen-bond donors (Lipinski definition) is 1. The number of para-hydroxylation sites is 1. The average Bonchev–Trinajstić information content (AvgIpc) is 2.78. The van der Waals surface area contributed by atoms with Crippen molar-refractivity contribution in [1.29, 1.82) is 0 Å². The quantitative estimate of drug-likeness (QED) is 0.676. The maximum atomic E-state index is 13.3. The molecule has 158 valence electrons. The maximum absolute atomic E-state index is 13.3. The minimum Gasteiger partial charge on any atom is -0.488 e. The molecule has 0 radical (unpaired) electrons. The number of rotatable bonds is 8. The largest absolute Gasteiger partial charge is 0.488 e. The first-order chi connectivity index (χ1) is 14.6. The second-order valence-electron chi connectivity index (χ2n) is 7.00. The van der Waals surface area contributed by atoms with E-state index in [1.165, 1.54) is 4.90 Å². The molecule has 2 aromatic carbocycles. The van der Waals surface area contributed by atoms with E-state index in [1.807, 2.05) is 37.3 Å². The molecule has 0 aliphatic carbocycles. The van der Waals surface area contributed by atoms with E-state index in [0.717, 1.165) is 5.56 Å². The van der Waals surface area contributed by atoms with Crippen molar-refractivity contribution in [2.75, 3.05) is 19.7 Å². The molecule has 0 aromatic heterocycles. The number of ether oxygens (including phenoxy) is 2. The smallest absolute Gasteiger partial charge is 0.308 e. The first kappa shape index (κ1) is 21.4. The van der Waals surface area contributed by atoms with E-state index in [9.17, 15) is 14.4 Å². The van der Waals surface area contributed by atoms with Gasteiger partial charge in [0.2, 0.25) is 5.91 Å². The minimum atomic E-state index is -0.905. The molecule has 1 heterocycles. The van der Waals surface area contributed by atoms with Crippen molar-refractivity contribution in [2.24, 2.45) is 0 Å². The van der Waals surface area contributed by atoms with Gasteiger partial charge in [-0.3, -0.25) is 14.4 Å². The number of piperazine rings is 1. The van der Waals surface area contributed by atoms with Gasteiger partial charge >= 0.3 is 5.97 Å². The van der Waals surface area contributed by atoms with Gasteiger partial charge in [0.15, 0.2) is 0 Å². The van der Waals surface area contributed by atoms with Crippen LogP contribution in [0.2, 0.25) is 0 Å². The van der Waals surface area contributed by atoms with Crippen LogP contribution in [0.1, 0.15) is 35.7 Å². The highest BCUT2D eigenvalue weighted by Crippen LogP contribution is 2.23. The van der Waals surface area contributed by atoms with Crippen LogP contribution in [-0.4, -0.2) is 48.4 Å². The standard InChI is InChI=1S/C23H26N2O5/c1-2-14-29-21(26)15-19-22(27)24-12-13-25(19)23(28)18-10-6-7-11-20(18)30-16-17-8-4-3-5-9-17/h3-11,19H,2,12-16H2,1H3,(H,24,27). The summed E-state index contributed by atoms with van der Waals surface area (Å²) in [5.41, 5.74) is 1.34. The van der Waals surface area contributed by atoms with Crippen LogP contribution in [0.5, 0.6) is 5.75 Å². The molecule has 1 aliphatic heterocycles. The number of nitrogens with zero attached hydrogens (tertiary/aromatic N) is 1. The van der Waals surface area contributed by atoms with Crippen LogP contribution in [0, 0.1) is 0 Å². The zero-order valence-corrected chi connectivity index (χ0v) is 17.0. The van der Waals surface area contributed by atoms with Gasteiger partial charge in [-0.05, 0) is 24.1 Å². The topological polar surface area (TPSA) is 84.9 Å². The van der Waals surface area contributed by atoms with Gasteiger partial charge in [0.05, 0.1) is 18.6 Å². The van der Waals surface area contributed by atoms with Gasteiger partial charge in [0, 0.05) is 13.1 Å². The lowest BCUT2D eigenvalue weighted by molar-refractivity contribution is -0.147. The molecule has 30 heavy (non-hydrogen) atoms. The van der Waals surface area contributed by atoms with Gasteiger partial charge in [-0.15, -0.1) is 0 Å². The molecule has 1 N–H and O–H groups in total. The summed E-state index contributed by atoms with van der Waals surface area (Å²) in [6.07, 6.45) is 0.516. The first-order valence-corrected chi connectivity index (χ1v) is 10.1. The number of esters is 1. The van der Waals surface area contributed by atoms with Crippen molar-refractivity contribution in [1.82, 2.24) is 10.2 Å². The van der Waals surface area contributed by atoms with Crippen molar-refractivity contribution in [3.05, 3.63) is 65.7 Å². The molecule has 7 nitrogen and oxygen atoms in total. The van der Waals surface area contributed by atoms with Crippen LogP contribution in [0.3, 0.4) is 0 Å². The number of nitrogens with one attached hydrogen (secondary N) is 1. The molecule has 2 amide bonds. The van der Waals surface area contributed by atoms with E-state index in [1.54, 1.807) is 24.3 Å². The predicted octanol–water partition coefficient (Wildman–Crippen LogP) is 2.55. The van der Waals surface area contributed by atoms with Gasteiger partial charge < -0.3 is 19.7 Å². The molecule has 1 atom stereocenters. The average molecular weight is 410 g/mol. The van der Waals surface area contributed by atoms with E-state index in [0.29, 0.717) is 37.4 Å². The van der Waals surface area contributed by atoms with E-state index in [-0.39, 0.29) is 24.8 Å². The molecule has 2 aromatic rings. The third-order valence-electron chi connectivity index (χ3n) is 4.77. The third kappa shape index (κ3) is 5.37. The van der Waals surface area contributed by atoms with Gasteiger partial charge in [-0.1, -0.05) is 49.4 Å². The zero-order chi connectivity index (χ0) is 21.3. The fourth-order valence-corrected chi connectivity index (χ4v) is 3.25. The lowest BCUT2D eigenvalue weighted by Crippen LogP contribution is -2.57. The van der Waals surface area contributed by atoms with E-state index < -0.39 is 12.0 Å². The summed E-state index contributed by atoms with van der Waals surface area (Å²) in [4.78, 5) is 39.2. The maximum Gasteiger partial charge on any atom is 0.308 e. The highest BCUT2D eigenvalue weighted by atomic mass is 16.5. The minimum absolute atomic E-state index is 0.176. The molecule has 0 bridgehead atoms. The Morgan fingerprint density at radius 3 is 2.60 bits per heavy atom. The van der Waals surface area contributed by atoms with Gasteiger partial charge in [0.1, 0.15) is 18.4 Å². The fraction of sp³-hybridized carbons (Fsp3) is 0.348. The van der Waals surface area contributed by atoms with E-state index in [2.05, 4.69) is 5.32 Å². The van der Waals surface area contributed by atoms with Crippen LogP contribution in [0.25, 0.3) is 0 Å². The monoisotopic (exact) mass is 410 g/mol. The highest BCUT2D eigenvalue weighted by Gasteiger charge is 2.36. The Hall–Kier alpha value is -3.35. The molecule has 3 rings (SSSR count). The lowest BCUT2D eigenvalue weighted by Gasteiger charge is -2.34. The second kappa shape index (κ2) is 10.4. The second-order valence-corrected chi connectivity index (χ2v) is 7.00. The van der Waals surface area contributed by atoms with Gasteiger partial charge in [0.25, 0.3) is 5.91 Å². The van der Waals surface area contributed by atoms with Crippen molar-refractivity contribution in [2.45, 2.75) is 32.4 Å². The summed E-state index contributed by atoms with van der Waals surface area (Å²) in [6, 6.07) is 15.7. The van der Waals surface area contributed by atoms with Crippen molar-refractivity contribution < 1.29 is 23.9 Å². The molecule has 1 unspecified atom stereocenters. The number of hydrogen-bond acceptors (Lipinski definition) is 5. The van der Waals surface area contributed by atoms with E-state index >= 15 is 0 Å². The Morgan fingerprint density at radius 1 is 1.10 bits per heavy atom. The summed E-state index contributed by atoms with van der Waals surface area (Å²) in [7, 11) is 0. The normalized spacial score (nSPS) is 16.0. The summed E-state index contributed by atoms with van der Waals surface area (Å²) in [5.74, 6) is -0.762. The summed E-state index contributed by atoms with van der Waals surface area (Å²) in [5, 5.41) is 2.72. The number of amides is 2. The molecule has 0 saturated carbocycles. The Kier molecular flexibility index (Phi) is 7.43. The van der Waals surface area contributed by atoms with E-state index in [4.69, 9.17) is 9.47 Å². The molecule has 1 fully saturated rings. The van der Waals surface area contributed by atoms with Crippen LogP contribution in [0.15, 0.2) is 54.6 Å². The third-order valence-corrected chi connectivity index (χ3v) is 4.77.